The number of rotatable bonds is 7. The maximum absolute atomic E-state index is 12.2. The van der Waals surface area contributed by atoms with Crippen LogP contribution in [0.2, 0.25) is 0 Å². The standard InChI is InChI=1S/C13H19NO4S/c1-3-5-12(13(15)16)19(17,18)11-8-6-10(7-9-11)14-4-2/h6-9,12,14H,3-5H2,1-2H3,(H,15,16). The van der Waals surface area contributed by atoms with Gasteiger partial charge in [0, 0.05) is 12.2 Å². The molecule has 1 aromatic rings. The van der Waals surface area contributed by atoms with Crippen molar-refractivity contribution in [3.8, 4) is 0 Å². The number of aliphatic carboxylic acids is 1. The zero-order valence-electron chi connectivity index (χ0n) is 11.1. The van der Waals surface area contributed by atoms with Crippen LogP contribution in [0, 0.1) is 0 Å². The molecule has 0 spiro atoms. The summed E-state index contributed by atoms with van der Waals surface area (Å²) in [5.41, 5.74) is 0.809. The zero-order valence-corrected chi connectivity index (χ0v) is 11.9. The van der Waals surface area contributed by atoms with Crippen LogP contribution in [0.3, 0.4) is 0 Å². The Hall–Kier alpha value is -1.56. The first kappa shape index (κ1) is 15.5. The summed E-state index contributed by atoms with van der Waals surface area (Å²) >= 11 is 0. The molecule has 106 valence electrons. The Morgan fingerprint density at radius 3 is 2.26 bits per heavy atom. The highest BCUT2D eigenvalue weighted by atomic mass is 32.2. The lowest BCUT2D eigenvalue weighted by molar-refractivity contribution is -0.136. The summed E-state index contributed by atoms with van der Waals surface area (Å²) in [6.07, 6.45) is 0.623. The second-order valence-electron chi connectivity index (χ2n) is 4.22. The highest BCUT2D eigenvalue weighted by Gasteiger charge is 2.32. The second-order valence-corrected chi connectivity index (χ2v) is 6.35. The van der Waals surface area contributed by atoms with E-state index in [2.05, 4.69) is 5.32 Å². The van der Waals surface area contributed by atoms with E-state index in [0.29, 0.717) is 6.42 Å². The fourth-order valence-electron chi connectivity index (χ4n) is 1.80. The molecule has 0 aliphatic carbocycles. The molecule has 2 N–H and O–H groups in total. The van der Waals surface area contributed by atoms with E-state index in [1.54, 1.807) is 19.1 Å². The summed E-state index contributed by atoms with van der Waals surface area (Å²) in [4.78, 5) is 11.1. The number of benzene rings is 1. The number of hydrogen-bond acceptors (Lipinski definition) is 4. The minimum absolute atomic E-state index is 0.0509. The smallest absolute Gasteiger partial charge is 0.322 e. The van der Waals surface area contributed by atoms with Crippen molar-refractivity contribution in [3.05, 3.63) is 24.3 Å². The largest absolute Gasteiger partial charge is 0.480 e. The third-order valence-electron chi connectivity index (χ3n) is 2.76. The molecule has 0 aliphatic heterocycles. The molecular weight excluding hydrogens is 266 g/mol. The maximum atomic E-state index is 12.2. The van der Waals surface area contributed by atoms with Gasteiger partial charge in [-0.05, 0) is 37.6 Å². The van der Waals surface area contributed by atoms with Crippen molar-refractivity contribution in [2.75, 3.05) is 11.9 Å². The molecule has 6 heteroatoms. The lowest BCUT2D eigenvalue weighted by atomic mass is 10.2. The van der Waals surface area contributed by atoms with Crippen LogP contribution in [-0.4, -0.2) is 31.3 Å². The van der Waals surface area contributed by atoms with Gasteiger partial charge in [-0.2, -0.15) is 0 Å². The maximum Gasteiger partial charge on any atom is 0.322 e. The highest BCUT2D eigenvalue weighted by Crippen LogP contribution is 2.21. The van der Waals surface area contributed by atoms with Gasteiger partial charge in [0.15, 0.2) is 15.1 Å². The average Bonchev–Trinajstić information content (AvgIpc) is 2.36. The van der Waals surface area contributed by atoms with Crippen molar-refractivity contribution >= 4 is 21.5 Å². The number of carboxylic acid groups (broad SMARTS) is 1. The summed E-state index contributed by atoms with van der Waals surface area (Å²) in [6, 6.07) is 6.17. The first-order chi connectivity index (χ1) is 8.93. The molecule has 19 heavy (non-hydrogen) atoms. The van der Waals surface area contributed by atoms with Crippen LogP contribution in [0.4, 0.5) is 5.69 Å². The number of hydrogen-bond donors (Lipinski definition) is 2. The quantitative estimate of drug-likeness (QED) is 0.802. The third-order valence-corrected chi connectivity index (χ3v) is 4.88. The summed E-state index contributed by atoms with van der Waals surface area (Å²) in [7, 11) is -3.82. The molecule has 1 aromatic carbocycles. The van der Waals surface area contributed by atoms with Gasteiger partial charge in [-0.15, -0.1) is 0 Å². The van der Waals surface area contributed by atoms with Gasteiger partial charge in [-0.1, -0.05) is 13.3 Å². The third kappa shape index (κ3) is 3.70. The van der Waals surface area contributed by atoms with E-state index in [0.717, 1.165) is 12.2 Å². The van der Waals surface area contributed by atoms with Gasteiger partial charge in [0.1, 0.15) is 0 Å². The van der Waals surface area contributed by atoms with Crippen molar-refractivity contribution in [3.63, 3.8) is 0 Å². The lowest BCUT2D eigenvalue weighted by Gasteiger charge is -2.13. The van der Waals surface area contributed by atoms with E-state index in [1.165, 1.54) is 12.1 Å². The molecule has 1 atom stereocenters. The van der Waals surface area contributed by atoms with Crippen LogP contribution in [-0.2, 0) is 14.6 Å². The fourth-order valence-corrected chi connectivity index (χ4v) is 3.46. The van der Waals surface area contributed by atoms with Crippen molar-refractivity contribution in [2.45, 2.75) is 36.8 Å². The molecule has 0 amide bonds. The van der Waals surface area contributed by atoms with E-state index in [9.17, 15) is 13.2 Å². The molecule has 1 rings (SSSR count). The molecule has 0 aliphatic rings. The Bertz CT molecular complexity index is 522. The van der Waals surface area contributed by atoms with Crippen LogP contribution in [0.15, 0.2) is 29.2 Å². The van der Waals surface area contributed by atoms with E-state index >= 15 is 0 Å². The number of carboxylic acids is 1. The Balaban J connectivity index is 3.07. The Kier molecular flexibility index (Phi) is 5.35. The number of sulfone groups is 1. The van der Waals surface area contributed by atoms with E-state index in [-0.39, 0.29) is 11.3 Å². The van der Waals surface area contributed by atoms with Crippen LogP contribution >= 0.6 is 0 Å². The molecule has 0 heterocycles. The fraction of sp³-hybridized carbons (Fsp3) is 0.462. The van der Waals surface area contributed by atoms with Gasteiger partial charge in [0.05, 0.1) is 4.90 Å². The molecule has 1 unspecified atom stereocenters. The Labute approximate surface area is 113 Å². The van der Waals surface area contributed by atoms with Gasteiger partial charge < -0.3 is 10.4 Å². The minimum atomic E-state index is -3.82. The molecule has 0 fully saturated rings. The predicted molar refractivity (Wildman–Crippen MR) is 74.1 cm³/mol. The normalized spacial score (nSPS) is 12.9. The lowest BCUT2D eigenvalue weighted by Crippen LogP contribution is -2.30. The van der Waals surface area contributed by atoms with Gasteiger partial charge in [-0.3, -0.25) is 4.79 Å². The Morgan fingerprint density at radius 2 is 1.84 bits per heavy atom. The molecule has 0 bridgehead atoms. The highest BCUT2D eigenvalue weighted by molar-refractivity contribution is 7.92. The predicted octanol–water partition coefficient (Wildman–Crippen LogP) is 2.15. The van der Waals surface area contributed by atoms with Gasteiger partial charge >= 0.3 is 5.97 Å². The molecule has 0 saturated carbocycles. The van der Waals surface area contributed by atoms with Crippen LogP contribution < -0.4 is 5.32 Å². The van der Waals surface area contributed by atoms with Crippen molar-refractivity contribution in [2.24, 2.45) is 0 Å². The van der Waals surface area contributed by atoms with Crippen molar-refractivity contribution in [1.82, 2.24) is 0 Å². The van der Waals surface area contributed by atoms with Gasteiger partial charge in [-0.25, -0.2) is 8.42 Å². The van der Waals surface area contributed by atoms with E-state index < -0.39 is 21.1 Å². The summed E-state index contributed by atoms with van der Waals surface area (Å²) in [5, 5.41) is 10.7. The van der Waals surface area contributed by atoms with Crippen molar-refractivity contribution in [1.29, 1.82) is 0 Å². The first-order valence-electron chi connectivity index (χ1n) is 6.24. The Morgan fingerprint density at radius 1 is 1.26 bits per heavy atom. The monoisotopic (exact) mass is 285 g/mol. The topological polar surface area (TPSA) is 83.5 Å². The summed E-state index contributed by atoms with van der Waals surface area (Å²) in [5.74, 6) is -1.29. The molecule has 5 nitrogen and oxygen atoms in total. The molecular formula is C13H19NO4S. The SMILES string of the molecule is CCCC(C(=O)O)S(=O)(=O)c1ccc(NCC)cc1. The molecule has 0 radical (unpaired) electrons. The molecule has 0 aromatic heterocycles. The molecule has 0 saturated heterocycles. The summed E-state index contributed by atoms with van der Waals surface area (Å²) in [6.45, 7) is 4.44. The van der Waals surface area contributed by atoms with Crippen molar-refractivity contribution < 1.29 is 18.3 Å². The van der Waals surface area contributed by atoms with Gasteiger partial charge in [0.25, 0.3) is 0 Å². The van der Waals surface area contributed by atoms with Crippen LogP contribution in [0.5, 0.6) is 0 Å². The number of anilines is 1. The number of carbonyl (C=O) groups is 1. The van der Waals surface area contributed by atoms with E-state index in [1.807, 2.05) is 6.92 Å². The van der Waals surface area contributed by atoms with Crippen LogP contribution in [0.25, 0.3) is 0 Å². The first-order valence-corrected chi connectivity index (χ1v) is 7.78. The average molecular weight is 285 g/mol. The summed E-state index contributed by atoms with van der Waals surface area (Å²) < 4.78 is 24.5. The van der Waals surface area contributed by atoms with Gasteiger partial charge in [0.2, 0.25) is 0 Å². The second kappa shape index (κ2) is 6.56. The minimum Gasteiger partial charge on any atom is -0.480 e. The van der Waals surface area contributed by atoms with E-state index in [4.69, 9.17) is 5.11 Å². The zero-order chi connectivity index (χ0) is 14.5. The number of nitrogens with one attached hydrogen (secondary N) is 1. The van der Waals surface area contributed by atoms with Crippen LogP contribution in [0.1, 0.15) is 26.7 Å².